The lowest BCUT2D eigenvalue weighted by molar-refractivity contribution is -0.123. The van der Waals surface area contributed by atoms with E-state index in [2.05, 4.69) is 38.1 Å². The summed E-state index contributed by atoms with van der Waals surface area (Å²) in [6.07, 6.45) is 1.78. The second kappa shape index (κ2) is 11.6. The molecule has 2 atom stereocenters. The third kappa shape index (κ3) is 5.46. The minimum absolute atomic E-state index is 0.105. The Morgan fingerprint density at radius 2 is 1.83 bits per heavy atom. The van der Waals surface area contributed by atoms with Gasteiger partial charge < -0.3 is 24.8 Å². The maximum atomic E-state index is 12.7. The van der Waals surface area contributed by atoms with Gasteiger partial charge in [-0.1, -0.05) is 56.1 Å². The van der Waals surface area contributed by atoms with Crippen LogP contribution in [0.4, 0.5) is 11.4 Å². The van der Waals surface area contributed by atoms with Gasteiger partial charge in [0.1, 0.15) is 5.75 Å². The van der Waals surface area contributed by atoms with Gasteiger partial charge in [-0.05, 0) is 74.1 Å². The highest BCUT2D eigenvalue weighted by Crippen LogP contribution is 2.45. The first kappa shape index (κ1) is 29.9. The number of nitrogens with zero attached hydrogens (tertiary/aromatic N) is 3. The molecule has 0 radical (unpaired) electrons. The molecule has 4 aromatic rings. The standard InChI is InChI=1S/C32H33Cl2N5O2S/c1-18-16-21(19(2)38(18)25-12-9-10-22(33)27(25)34)29-28(24-11-7-8-15-35-24)37-31(42)39(29)20-13-14-23(26(17-20)41-6)36-30(40)32(3,4)5/h7-17,28-29H,1-6H3,(H,36,40)(H,37,42)/t28-,29-/m0/s1. The van der Waals surface area contributed by atoms with Gasteiger partial charge in [-0.25, -0.2) is 0 Å². The van der Waals surface area contributed by atoms with E-state index in [1.807, 2.05) is 76.2 Å². The number of rotatable bonds is 6. The van der Waals surface area contributed by atoms with Crippen LogP contribution in [0.3, 0.4) is 0 Å². The molecule has 0 spiro atoms. The van der Waals surface area contributed by atoms with Gasteiger partial charge >= 0.3 is 0 Å². The molecule has 218 valence electrons. The number of anilines is 2. The van der Waals surface area contributed by atoms with Crippen molar-refractivity contribution < 1.29 is 9.53 Å². The van der Waals surface area contributed by atoms with E-state index in [9.17, 15) is 4.79 Å². The fourth-order valence-electron chi connectivity index (χ4n) is 5.31. The number of aryl methyl sites for hydroxylation is 1. The Morgan fingerprint density at radius 3 is 2.50 bits per heavy atom. The normalized spacial score (nSPS) is 16.9. The van der Waals surface area contributed by atoms with Crippen LogP contribution in [0.15, 0.2) is 66.9 Å². The summed E-state index contributed by atoms with van der Waals surface area (Å²) < 4.78 is 7.84. The third-order valence-corrected chi connectivity index (χ3v) is 8.58. The summed E-state index contributed by atoms with van der Waals surface area (Å²) in [5.41, 5.74) is 5.56. The van der Waals surface area contributed by atoms with E-state index < -0.39 is 5.41 Å². The zero-order valence-electron chi connectivity index (χ0n) is 24.3. The van der Waals surface area contributed by atoms with E-state index in [0.29, 0.717) is 26.6 Å². The molecule has 1 amide bonds. The first-order valence-electron chi connectivity index (χ1n) is 13.6. The van der Waals surface area contributed by atoms with Crippen LogP contribution in [0.1, 0.15) is 55.5 Å². The quantitative estimate of drug-likeness (QED) is 0.213. The lowest BCUT2D eigenvalue weighted by atomic mass is 9.95. The van der Waals surface area contributed by atoms with Crippen LogP contribution in [0, 0.1) is 19.3 Å². The molecule has 1 aliphatic rings. The second-order valence-electron chi connectivity index (χ2n) is 11.3. The van der Waals surface area contributed by atoms with E-state index in [1.165, 1.54) is 0 Å². The lowest BCUT2D eigenvalue weighted by Gasteiger charge is -2.29. The molecule has 1 fully saturated rings. The molecule has 2 aromatic heterocycles. The minimum atomic E-state index is -0.556. The molecule has 0 saturated carbocycles. The predicted molar refractivity (Wildman–Crippen MR) is 174 cm³/mol. The summed E-state index contributed by atoms with van der Waals surface area (Å²) in [4.78, 5) is 19.5. The van der Waals surface area contributed by atoms with Crippen LogP contribution in [0.25, 0.3) is 5.69 Å². The first-order valence-corrected chi connectivity index (χ1v) is 14.7. The number of carbonyl (C=O) groups excluding carboxylic acids is 1. The maximum Gasteiger partial charge on any atom is 0.229 e. The fourth-order valence-corrected chi connectivity index (χ4v) is 6.04. The van der Waals surface area contributed by atoms with E-state index in [0.717, 1.165) is 34.0 Å². The summed E-state index contributed by atoms with van der Waals surface area (Å²) in [7, 11) is 1.59. The zero-order chi connectivity index (χ0) is 30.3. The molecule has 0 aliphatic carbocycles. The molecule has 2 N–H and O–H groups in total. The Labute approximate surface area is 261 Å². The van der Waals surface area contributed by atoms with Crippen LogP contribution < -0.4 is 20.3 Å². The summed E-state index contributed by atoms with van der Waals surface area (Å²) in [5, 5.41) is 8.04. The predicted octanol–water partition coefficient (Wildman–Crippen LogP) is 7.97. The van der Waals surface area contributed by atoms with Crippen LogP contribution in [-0.4, -0.2) is 27.7 Å². The van der Waals surface area contributed by atoms with Crippen molar-refractivity contribution in [1.82, 2.24) is 14.9 Å². The molecule has 42 heavy (non-hydrogen) atoms. The van der Waals surface area contributed by atoms with Gasteiger partial charge in [0, 0.05) is 34.8 Å². The number of hydrogen-bond acceptors (Lipinski definition) is 4. The molecule has 1 aliphatic heterocycles. The van der Waals surface area contributed by atoms with Crippen molar-refractivity contribution in [1.29, 1.82) is 0 Å². The summed E-state index contributed by atoms with van der Waals surface area (Å²) >= 11 is 19.0. The largest absolute Gasteiger partial charge is 0.494 e. The van der Waals surface area contributed by atoms with Gasteiger partial charge in [-0.3, -0.25) is 9.78 Å². The fraction of sp³-hybridized carbons (Fsp3) is 0.281. The molecule has 7 nitrogen and oxygen atoms in total. The molecular formula is C32H33Cl2N5O2S. The van der Waals surface area contributed by atoms with E-state index in [-0.39, 0.29) is 18.0 Å². The second-order valence-corrected chi connectivity index (χ2v) is 12.5. The molecule has 1 saturated heterocycles. The highest BCUT2D eigenvalue weighted by molar-refractivity contribution is 7.80. The van der Waals surface area contributed by atoms with E-state index in [4.69, 9.17) is 40.2 Å². The van der Waals surface area contributed by atoms with Crippen LogP contribution in [0.2, 0.25) is 10.0 Å². The molecule has 5 rings (SSSR count). The number of pyridine rings is 1. The van der Waals surface area contributed by atoms with Crippen molar-refractivity contribution in [2.45, 2.75) is 46.7 Å². The van der Waals surface area contributed by atoms with Crippen molar-refractivity contribution in [2.75, 3.05) is 17.3 Å². The highest BCUT2D eigenvalue weighted by Gasteiger charge is 2.42. The van der Waals surface area contributed by atoms with Gasteiger partial charge in [-0.15, -0.1) is 0 Å². The van der Waals surface area contributed by atoms with Crippen LogP contribution >= 0.6 is 35.4 Å². The van der Waals surface area contributed by atoms with Crippen molar-refractivity contribution >= 4 is 57.8 Å². The molecule has 2 aromatic carbocycles. The number of hydrogen-bond donors (Lipinski definition) is 2. The first-order chi connectivity index (χ1) is 19.9. The number of ether oxygens (including phenoxy) is 1. The van der Waals surface area contributed by atoms with E-state index in [1.54, 1.807) is 19.4 Å². The van der Waals surface area contributed by atoms with Crippen molar-refractivity contribution in [2.24, 2.45) is 5.41 Å². The average molecular weight is 623 g/mol. The van der Waals surface area contributed by atoms with Crippen molar-refractivity contribution in [3.05, 3.63) is 99.6 Å². The number of methoxy groups -OCH3 is 1. The smallest absolute Gasteiger partial charge is 0.229 e. The van der Waals surface area contributed by atoms with E-state index >= 15 is 0 Å². The SMILES string of the molecule is COc1cc(N2C(=S)N[C@@H](c3ccccn3)[C@@H]2c2cc(C)n(-c3cccc(Cl)c3Cl)c2C)ccc1NC(=O)C(C)(C)C. The van der Waals surface area contributed by atoms with Gasteiger partial charge in [0.25, 0.3) is 0 Å². The Balaban J connectivity index is 1.64. The number of aromatic nitrogens is 2. The molecule has 0 bridgehead atoms. The Hall–Kier alpha value is -3.59. The van der Waals surface area contributed by atoms with Gasteiger partial charge in [0.2, 0.25) is 5.91 Å². The monoisotopic (exact) mass is 621 g/mol. The summed E-state index contributed by atoms with van der Waals surface area (Å²) in [6, 6.07) is 18.8. The van der Waals surface area contributed by atoms with Gasteiger partial charge in [-0.2, -0.15) is 0 Å². The number of nitrogens with one attached hydrogen (secondary N) is 2. The van der Waals surface area contributed by atoms with Crippen molar-refractivity contribution in [3.63, 3.8) is 0 Å². The molecule has 3 heterocycles. The number of benzene rings is 2. The molecular weight excluding hydrogens is 589 g/mol. The minimum Gasteiger partial charge on any atom is -0.494 e. The lowest BCUT2D eigenvalue weighted by Crippen LogP contribution is -2.30. The Morgan fingerprint density at radius 1 is 1.07 bits per heavy atom. The van der Waals surface area contributed by atoms with Crippen LogP contribution in [-0.2, 0) is 4.79 Å². The van der Waals surface area contributed by atoms with Crippen LogP contribution in [0.5, 0.6) is 5.75 Å². The summed E-state index contributed by atoms with van der Waals surface area (Å²) in [5.74, 6) is 0.427. The zero-order valence-corrected chi connectivity index (χ0v) is 26.7. The molecule has 10 heteroatoms. The number of thiocarbonyl (C=S) groups is 1. The Kier molecular flexibility index (Phi) is 8.25. The van der Waals surface area contributed by atoms with Crippen molar-refractivity contribution in [3.8, 4) is 11.4 Å². The highest BCUT2D eigenvalue weighted by atomic mass is 35.5. The average Bonchev–Trinajstić information content (AvgIpc) is 3.45. The maximum absolute atomic E-state index is 12.7. The Bertz CT molecular complexity index is 1670. The van der Waals surface area contributed by atoms with Gasteiger partial charge in [0.05, 0.1) is 46.3 Å². The van der Waals surface area contributed by atoms with Gasteiger partial charge in [0.15, 0.2) is 5.11 Å². The number of halogens is 2. The third-order valence-electron chi connectivity index (χ3n) is 7.45. The number of carbonyl (C=O) groups is 1. The molecule has 0 unspecified atom stereocenters. The topological polar surface area (TPSA) is 71.4 Å². The number of amides is 1. The summed E-state index contributed by atoms with van der Waals surface area (Å²) in [6.45, 7) is 9.72.